The van der Waals surface area contributed by atoms with Crippen molar-refractivity contribution in [2.24, 2.45) is 0 Å². The molecule has 1 N–H and O–H groups in total. The highest BCUT2D eigenvalue weighted by Crippen LogP contribution is 2.30. The molecule has 4 aromatic carbocycles. The molecule has 0 unspecified atom stereocenters. The lowest BCUT2D eigenvalue weighted by Gasteiger charge is -2.23. The van der Waals surface area contributed by atoms with Gasteiger partial charge < -0.3 is 14.6 Å². The first-order valence-corrected chi connectivity index (χ1v) is 11.5. The van der Waals surface area contributed by atoms with Gasteiger partial charge in [-0.05, 0) is 67.1 Å². The Hall–Kier alpha value is -4.25. The normalized spacial score (nSPS) is 11.0. The van der Waals surface area contributed by atoms with E-state index in [-0.39, 0.29) is 6.03 Å². The second-order valence-electron chi connectivity index (χ2n) is 8.19. The minimum absolute atomic E-state index is 0.188. The van der Waals surface area contributed by atoms with Crippen molar-refractivity contribution in [1.82, 2.24) is 4.57 Å². The summed E-state index contributed by atoms with van der Waals surface area (Å²) in [6.07, 6.45) is 0. The molecule has 5 heteroatoms. The molecule has 0 spiro atoms. The van der Waals surface area contributed by atoms with Crippen LogP contribution in [0.25, 0.3) is 21.8 Å². The fraction of sp³-hybridized carbons (Fsp3) is 0.138. The Morgan fingerprint density at radius 2 is 1.56 bits per heavy atom. The van der Waals surface area contributed by atoms with E-state index in [2.05, 4.69) is 59.3 Å². The van der Waals surface area contributed by atoms with Gasteiger partial charge in [0, 0.05) is 39.7 Å². The average Bonchev–Trinajstić information content (AvgIpc) is 3.21. The molecular weight excluding hydrogens is 422 g/mol. The number of hydrogen-bond acceptors (Lipinski definition) is 2. The van der Waals surface area contributed by atoms with Crippen LogP contribution in [0.3, 0.4) is 0 Å². The van der Waals surface area contributed by atoms with Crippen LogP contribution in [-0.2, 0) is 13.1 Å². The van der Waals surface area contributed by atoms with E-state index in [1.54, 1.807) is 12.0 Å². The predicted octanol–water partition coefficient (Wildman–Crippen LogP) is 7.06. The Morgan fingerprint density at radius 1 is 0.853 bits per heavy atom. The Kier molecular flexibility index (Phi) is 5.91. The van der Waals surface area contributed by atoms with Gasteiger partial charge in [0.15, 0.2) is 0 Å². The Bertz CT molecular complexity index is 1440. The number of para-hydroxylation sites is 2. The molecule has 1 heterocycles. The first-order valence-electron chi connectivity index (χ1n) is 11.5. The highest BCUT2D eigenvalue weighted by Gasteiger charge is 2.18. The van der Waals surface area contributed by atoms with Crippen LogP contribution in [0.2, 0.25) is 0 Å². The molecule has 0 aliphatic rings. The molecule has 34 heavy (non-hydrogen) atoms. The fourth-order valence-corrected chi connectivity index (χ4v) is 4.48. The van der Waals surface area contributed by atoms with Crippen LogP contribution in [0.15, 0.2) is 97.1 Å². The zero-order chi connectivity index (χ0) is 23.5. The largest absolute Gasteiger partial charge is 0.497 e. The summed E-state index contributed by atoms with van der Waals surface area (Å²) >= 11 is 0. The molecule has 0 bridgehead atoms. The molecular formula is C29H27N3O2. The molecule has 0 saturated carbocycles. The molecule has 5 aromatic rings. The minimum Gasteiger partial charge on any atom is -0.497 e. The van der Waals surface area contributed by atoms with Gasteiger partial charge in [-0.3, -0.25) is 4.90 Å². The second-order valence-corrected chi connectivity index (χ2v) is 8.19. The van der Waals surface area contributed by atoms with Crippen LogP contribution in [0.5, 0.6) is 5.75 Å². The van der Waals surface area contributed by atoms with Crippen LogP contribution in [0, 0.1) is 0 Å². The van der Waals surface area contributed by atoms with Crippen molar-refractivity contribution >= 4 is 39.2 Å². The molecule has 0 aliphatic carbocycles. The van der Waals surface area contributed by atoms with Gasteiger partial charge in [-0.2, -0.15) is 0 Å². The fourth-order valence-electron chi connectivity index (χ4n) is 4.48. The van der Waals surface area contributed by atoms with Crippen molar-refractivity contribution in [3.63, 3.8) is 0 Å². The topological polar surface area (TPSA) is 46.5 Å². The van der Waals surface area contributed by atoms with Crippen LogP contribution < -0.4 is 15.0 Å². The summed E-state index contributed by atoms with van der Waals surface area (Å²) < 4.78 is 7.55. The van der Waals surface area contributed by atoms with Crippen LogP contribution in [-0.4, -0.2) is 17.7 Å². The van der Waals surface area contributed by atoms with Gasteiger partial charge in [0.25, 0.3) is 0 Å². The van der Waals surface area contributed by atoms with E-state index in [0.717, 1.165) is 23.5 Å². The molecule has 0 fully saturated rings. The summed E-state index contributed by atoms with van der Waals surface area (Å²) in [7, 11) is 1.62. The molecule has 1 aromatic heterocycles. The van der Waals surface area contributed by atoms with Crippen LogP contribution >= 0.6 is 0 Å². The van der Waals surface area contributed by atoms with E-state index < -0.39 is 0 Å². The second kappa shape index (κ2) is 9.32. The van der Waals surface area contributed by atoms with E-state index in [0.29, 0.717) is 12.2 Å². The van der Waals surface area contributed by atoms with Gasteiger partial charge in [-0.25, -0.2) is 4.79 Å². The number of anilines is 2. The number of carbonyl (C=O) groups is 1. The summed E-state index contributed by atoms with van der Waals surface area (Å²) in [6, 6.07) is 31.9. The number of urea groups is 1. The highest BCUT2D eigenvalue weighted by atomic mass is 16.5. The lowest BCUT2D eigenvalue weighted by atomic mass is 10.1. The van der Waals surface area contributed by atoms with Gasteiger partial charge in [0.1, 0.15) is 5.75 Å². The van der Waals surface area contributed by atoms with Crippen molar-refractivity contribution in [3.8, 4) is 5.75 Å². The standard InChI is InChI=1S/C29H27N3O2/c1-3-31-27-12-8-7-11-25(27)26-19-21(13-18-28(26)31)20-32(23-9-5-4-6-10-23)29(33)30-22-14-16-24(34-2)17-15-22/h4-19H,3,20H2,1-2H3,(H,30,33). The van der Waals surface area contributed by atoms with Crippen molar-refractivity contribution < 1.29 is 9.53 Å². The first kappa shape index (κ1) is 21.6. The third-order valence-corrected chi connectivity index (χ3v) is 6.15. The maximum Gasteiger partial charge on any atom is 0.326 e. The number of rotatable bonds is 6. The van der Waals surface area contributed by atoms with Gasteiger partial charge >= 0.3 is 6.03 Å². The van der Waals surface area contributed by atoms with E-state index in [1.807, 2.05) is 54.6 Å². The number of hydrogen-bond donors (Lipinski definition) is 1. The van der Waals surface area contributed by atoms with Gasteiger partial charge in [0.2, 0.25) is 0 Å². The number of benzene rings is 4. The molecule has 0 aliphatic heterocycles. The summed E-state index contributed by atoms with van der Waals surface area (Å²) in [5.74, 6) is 0.748. The number of fused-ring (bicyclic) bond motifs is 3. The van der Waals surface area contributed by atoms with Crippen molar-refractivity contribution in [2.75, 3.05) is 17.3 Å². The number of nitrogens with zero attached hydrogens (tertiary/aromatic N) is 2. The number of amides is 2. The number of ether oxygens (including phenoxy) is 1. The van der Waals surface area contributed by atoms with Crippen LogP contribution in [0.1, 0.15) is 12.5 Å². The lowest BCUT2D eigenvalue weighted by molar-refractivity contribution is 0.256. The highest BCUT2D eigenvalue weighted by molar-refractivity contribution is 6.08. The van der Waals surface area contributed by atoms with E-state index >= 15 is 0 Å². The van der Waals surface area contributed by atoms with Crippen molar-refractivity contribution in [3.05, 3.63) is 103 Å². The summed E-state index contributed by atoms with van der Waals surface area (Å²) in [5, 5.41) is 5.46. The molecule has 0 saturated heterocycles. The quantitative estimate of drug-likeness (QED) is 0.302. The van der Waals surface area contributed by atoms with Gasteiger partial charge in [0.05, 0.1) is 13.7 Å². The number of aromatic nitrogens is 1. The predicted molar refractivity (Wildman–Crippen MR) is 140 cm³/mol. The molecule has 2 amide bonds. The molecule has 5 nitrogen and oxygen atoms in total. The Morgan fingerprint density at radius 3 is 2.29 bits per heavy atom. The minimum atomic E-state index is -0.188. The summed E-state index contributed by atoms with van der Waals surface area (Å²) in [5.41, 5.74) is 5.06. The van der Waals surface area contributed by atoms with Crippen molar-refractivity contribution in [1.29, 1.82) is 0 Å². The first-order chi connectivity index (χ1) is 16.7. The molecule has 0 radical (unpaired) electrons. The zero-order valence-electron chi connectivity index (χ0n) is 19.4. The Labute approximate surface area is 199 Å². The third kappa shape index (κ3) is 4.08. The molecule has 170 valence electrons. The summed E-state index contributed by atoms with van der Waals surface area (Å²) in [6.45, 7) is 3.53. The number of carbonyl (C=O) groups excluding carboxylic acids is 1. The van der Waals surface area contributed by atoms with E-state index in [9.17, 15) is 4.79 Å². The number of aryl methyl sites for hydroxylation is 1. The smallest absolute Gasteiger partial charge is 0.326 e. The number of nitrogens with one attached hydrogen (secondary N) is 1. The lowest BCUT2D eigenvalue weighted by Crippen LogP contribution is -2.34. The van der Waals surface area contributed by atoms with Gasteiger partial charge in [-0.1, -0.05) is 42.5 Å². The zero-order valence-corrected chi connectivity index (χ0v) is 19.4. The SMILES string of the molecule is CCn1c2ccccc2c2cc(CN(C(=O)Nc3ccc(OC)cc3)c3ccccc3)ccc21. The summed E-state index contributed by atoms with van der Waals surface area (Å²) in [4.78, 5) is 15.1. The monoisotopic (exact) mass is 449 g/mol. The van der Waals surface area contributed by atoms with Crippen LogP contribution in [0.4, 0.5) is 16.2 Å². The van der Waals surface area contributed by atoms with Crippen molar-refractivity contribution in [2.45, 2.75) is 20.0 Å². The van der Waals surface area contributed by atoms with E-state index in [1.165, 1.54) is 21.8 Å². The molecule has 5 rings (SSSR count). The molecule has 0 atom stereocenters. The average molecular weight is 450 g/mol. The maximum absolute atomic E-state index is 13.4. The van der Waals surface area contributed by atoms with Gasteiger partial charge in [-0.15, -0.1) is 0 Å². The Balaban J connectivity index is 1.50. The third-order valence-electron chi connectivity index (χ3n) is 6.15. The van der Waals surface area contributed by atoms with E-state index in [4.69, 9.17) is 4.74 Å². The number of methoxy groups -OCH3 is 1. The maximum atomic E-state index is 13.4.